The van der Waals surface area contributed by atoms with Crippen molar-refractivity contribution in [2.24, 2.45) is 0 Å². The predicted molar refractivity (Wildman–Crippen MR) is 80.6 cm³/mol. The van der Waals surface area contributed by atoms with Crippen molar-refractivity contribution >= 4 is 6.16 Å². The fraction of sp³-hybridized carbons (Fsp3) is 0.471. The van der Waals surface area contributed by atoms with E-state index in [1.54, 1.807) is 0 Å². The van der Waals surface area contributed by atoms with Crippen LogP contribution in [0.2, 0.25) is 0 Å². The number of carbonyl (C=O) groups is 1. The third-order valence-corrected chi connectivity index (χ3v) is 3.10. The standard InChI is InChI=1S/C17H24O3/c1-3-5-6-8-15-10-12-16(13-11-15)9-7-14-20-17(18)19-4-2/h4,10-13H,2-3,5-9,14H2,1H3. The lowest BCUT2D eigenvalue weighted by Gasteiger charge is -2.05. The van der Waals surface area contributed by atoms with Gasteiger partial charge in [-0.2, -0.15) is 0 Å². The van der Waals surface area contributed by atoms with E-state index < -0.39 is 6.16 Å². The first-order valence-corrected chi connectivity index (χ1v) is 7.28. The molecule has 0 N–H and O–H groups in total. The Morgan fingerprint density at radius 1 is 1.10 bits per heavy atom. The second-order valence-corrected chi connectivity index (χ2v) is 4.76. The van der Waals surface area contributed by atoms with E-state index >= 15 is 0 Å². The van der Waals surface area contributed by atoms with Crippen LogP contribution in [0.4, 0.5) is 4.79 Å². The molecule has 3 heteroatoms. The Morgan fingerprint density at radius 2 is 1.70 bits per heavy atom. The van der Waals surface area contributed by atoms with Crippen molar-refractivity contribution in [3.05, 3.63) is 48.2 Å². The summed E-state index contributed by atoms with van der Waals surface area (Å²) < 4.78 is 9.32. The zero-order valence-corrected chi connectivity index (χ0v) is 12.3. The van der Waals surface area contributed by atoms with Crippen LogP contribution in [0.1, 0.15) is 43.7 Å². The molecule has 0 saturated carbocycles. The summed E-state index contributed by atoms with van der Waals surface area (Å²) in [5.41, 5.74) is 2.66. The highest BCUT2D eigenvalue weighted by atomic mass is 16.7. The second-order valence-electron chi connectivity index (χ2n) is 4.76. The van der Waals surface area contributed by atoms with E-state index in [0.29, 0.717) is 6.61 Å². The van der Waals surface area contributed by atoms with Gasteiger partial charge >= 0.3 is 6.16 Å². The lowest BCUT2D eigenvalue weighted by atomic mass is 10.0. The fourth-order valence-electron chi connectivity index (χ4n) is 1.99. The van der Waals surface area contributed by atoms with E-state index in [9.17, 15) is 4.79 Å². The van der Waals surface area contributed by atoms with Crippen LogP contribution in [0.25, 0.3) is 0 Å². The molecule has 1 rings (SSSR count). The zero-order chi connectivity index (χ0) is 14.6. The minimum atomic E-state index is -0.689. The van der Waals surface area contributed by atoms with Crippen molar-refractivity contribution in [3.8, 4) is 0 Å². The molecular weight excluding hydrogens is 252 g/mol. The molecular formula is C17H24O3. The highest BCUT2D eigenvalue weighted by Gasteiger charge is 2.01. The number of benzene rings is 1. The number of hydrogen-bond donors (Lipinski definition) is 0. The first-order valence-electron chi connectivity index (χ1n) is 7.28. The molecule has 3 nitrogen and oxygen atoms in total. The molecule has 0 spiro atoms. The van der Waals surface area contributed by atoms with Crippen LogP contribution in [0, 0.1) is 0 Å². The summed E-state index contributed by atoms with van der Waals surface area (Å²) in [7, 11) is 0. The highest BCUT2D eigenvalue weighted by Crippen LogP contribution is 2.10. The third kappa shape index (κ3) is 6.98. The average Bonchev–Trinajstić information content (AvgIpc) is 2.46. The third-order valence-electron chi connectivity index (χ3n) is 3.10. The molecule has 0 aromatic heterocycles. The molecule has 1 aromatic rings. The fourth-order valence-corrected chi connectivity index (χ4v) is 1.99. The summed E-state index contributed by atoms with van der Waals surface area (Å²) in [4.78, 5) is 10.9. The van der Waals surface area contributed by atoms with Gasteiger partial charge in [0, 0.05) is 0 Å². The van der Waals surface area contributed by atoms with Gasteiger partial charge in [-0.3, -0.25) is 0 Å². The van der Waals surface area contributed by atoms with Gasteiger partial charge in [-0.05, 0) is 36.8 Å². The van der Waals surface area contributed by atoms with Crippen molar-refractivity contribution in [1.82, 2.24) is 0 Å². The van der Waals surface area contributed by atoms with Crippen molar-refractivity contribution in [1.29, 1.82) is 0 Å². The molecule has 0 aliphatic rings. The van der Waals surface area contributed by atoms with Crippen LogP contribution in [0.15, 0.2) is 37.1 Å². The molecule has 0 fully saturated rings. The van der Waals surface area contributed by atoms with E-state index in [-0.39, 0.29) is 0 Å². The van der Waals surface area contributed by atoms with Gasteiger partial charge in [-0.25, -0.2) is 4.79 Å². The van der Waals surface area contributed by atoms with E-state index in [0.717, 1.165) is 25.5 Å². The number of rotatable bonds is 9. The van der Waals surface area contributed by atoms with Gasteiger partial charge in [-0.15, -0.1) is 0 Å². The summed E-state index contributed by atoms with van der Waals surface area (Å²) in [6, 6.07) is 8.70. The van der Waals surface area contributed by atoms with Crippen molar-refractivity contribution in [2.75, 3.05) is 6.61 Å². The van der Waals surface area contributed by atoms with Crippen LogP contribution in [-0.2, 0) is 22.3 Å². The molecule has 0 heterocycles. The highest BCUT2D eigenvalue weighted by molar-refractivity contribution is 5.60. The molecule has 20 heavy (non-hydrogen) atoms. The van der Waals surface area contributed by atoms with E-state index in [1.165, 1.54) is 30.4 Å². The topological polar surface area (TPSA) is 35.5 Å². The smallest absolute Gasteiger partial charge is 0.434 e. The summed E-state index contributed by atoms with van der Waals surface area (Å²) in [5, 5.41) is 0. The van der Waals surface area contributed by atoms with E-state index in [2.05, 4.69) is 42.5 Å². The quantitative estimate of drug-likeness (QED) is 0.374. The Balaban J connectivity index is 2.21. The maximum absolute atomic E-state index is 10.9. The molecule has 0 aliphatic carbocycles. The monoisotopic (exact) mass is 276 g/mol. The Morgan fingerprint density at radius 3 is 2.25 bits per heavy atom. The normalized spacial score (nSPS) is 10.1. The zero-order valence-electron chi connectivity index (χ0n) is 12.3. The van der Waals surface area contributed by atoms with Gasteiger partial charge in [0.05, 0.1) is 12.9 Å². The first-order chi connectivity index (χ1) is 9.76. The first kappa shape index (κ1) is 16.3. The van der Waals surface area contributed by atoms with Crippen LogP contribution >= 0.6 is 0 Å². The molecule has 0 amide bonds. The Labute approximate surface area is 121 Å². The number of carbonyl (C=O) groups excluding carboxylic acids is 1. The molecule has 0 atom stereocenters. The minimum absolute atomic E-state index is 0.366. The van der Waals surface area contributed by atoms with Crippen LogP contribution in [-0.4, -0.2) is 12.8 Å². The molecule has 0 bridgehead atoms. The Bertz CT molecular complexity index is 395. The molecule has 110 valence electrons. The van der Waals surface area contributed by atoms with Crippen molar-refractivity contribution < 1.29 is 14.3 Å². The number of aryl methyl sites for hydroxylation is 2. The van der Waals surface area contributed by atoms with E-state index in [1.807, 2.05) is 0 Å². The van der Waals surface area contributed by atoms with Gasteiger partial charge in [-0.1, -0.05) is 50.6 Å². The predicted octanol–water partition coefficient (Wildman–Crippen LogP) is 4.65. The number of hydrogen-bond acceptors (Lipinski definition) is 3. The summed E-state index contributed by atoms with van der Waals surface area (Å²) >= 11 is 0. The largest absolute Gasteiger partial charge is 0.513 e. The SMILES string of the molecule is C=COC(=O)OCCCc1ccc(CCCCC)cc1. The maximum atomic E-state index is 10.9. The molecule has 0 unspecified atom stereocenters. The van der Waals surface area contributed by atoms with Gasteiger partial charge in [0.1, 0.15) is 0 Å². The van der Waals surface area contributed by atoms with E-state index in [4.69, 9.17) is 4.74 Å². The lowest BCUT2D eigenvalue weighted by Crippen LogP contribution is -2.05. The van der Waals surface area contributed by atoms with Crippen LogP contribution in [0.5, 0.6) is 0 Å². The Kier molecular flexibility index (Phi) is 8.20. The van der Waals surface area contributed by atoms with Gasteiger partial charge in [0.25, 0.3) is 0 Å². The second kappa shape index (κ2) is 10.1. The number of ether oxygens (including phenoxy) is 2. The van der Waals surface area contributed by atoms with Crippen molar-refractivity contribution in [3.63, 3.8) is 0 Å². The molecule has 0 aliphatic heterocycles. The van der Waals surface area contributed by atoms with Crippen molar-refractivity contribution in [2.45, 2.75) is 45.4 Å². The molecule has 1 aromatic carbocycles. The average molecular weight is 276 g/mol. The van der Waals surface area contributed by atoms with Gasteiger partial charge < -0.3 is 9.47 Å². The summed E-state index contributed by atoms with van der Waals surface area (Å²) in [5.74, 6) is 0. The lowest BCUT2D eigenvalue weighted by molar-refractivity contribution is 0.0840. The molecule has 0 saturated heterocycles. The summed E-state index contributed by atoms with van der Waals surface area (Å²) in [6.07, 6.45) is 7.04. The van der Waals surface area contributed by atoms with Crippen LogP contribution in [0.3, 0.4) is 0 Å². The number of unbranched alkanes of at least 4 members (excludes halogenated alkanes) is 2. The maximum Gasteiger partial charge on any atom is 0.513 e. The minimum Gasteiger partial charge on any atom is -0.434 e. The van der Waals surface area contributed by atoms with Crippen LogP contribution < -0.4 is 0 Å². The van der Waals surface area contributed by atoms with Gasteiger partial charge in [0.2, 0.25) is 0 Å². The Hall–Kier alpha value is -1.77. The molecule has 0 radical (unpaired) electrons. The summed E-state index contributed by atoms with van der Waals surface area (Å²) in [6.45, 7) is 5.87. The van der Waals surface area contributed by atoms with Gasteiger partial charge in [0.15, 0.2) is 0 Å².